The molecule has 0 radical (unpaired) electrons. The van der Waals surface area contributed by atoms with Gasteiger partial charge in [-0.25, -0.2) is 0 Å². The minimum absolute atomic E-state index is 0.429. The van der Waals surface area contributed by atoms with Crippen molar-refractivity contribution in [3.05, 3.63) is 0 Å². The number of hydrogen-bond donors (Lipinski definition) is 3. The lowest BCUT2D eigenvalue weighted by molar-refractivity contribution is 0.122. The summed E-state index contributed by atoms with van der Waals surface area (Å²) in [5.74, 6) is 0. The molecular weight excluding hydrogens is 242 g/mol. The predicted molar refractivity (Wildman–Crippen MR) is 69.9 cm³/mol. The summed E-state index contributed by atoms with van der Waals surface area (Å²) in [7, 11) is 3.21. The maximum Gasteiger partial charge on any atom is 0.500 e. The van der Waals surface area contributed by atoms with Crippen molar-refractivity contribution >= 4 is 19.2 Å². The van der Waals surface area contributed by atoms with Gasteiger partial charge in [0, 0.05) is 33.9 Å². The summed E-state index contributed by atoms with van der Waals surface area (Å²) in [4.78, 5) is 3.15. The third-order valence-electron chi connectivity index (χ3n) is 2.90. The highest BCUT2D eigenvalue weighted by Crippen LogP contribution is 2.18. The van der Waals surface area contributed by atoms with E-state index in [1.54, 1.807) is 21.3 Å². The molecule has 8 heteroatoms. The molecule has 0 rings (SSSR count). The van der Waals surface area contributed by atoms with Gasteiger partial charge in [0.05, 0.1) is 16.1 Å². The highest BCUT2D eigenvalue weighted by atomic mass is 28.4. The molecule has 1 atom stereocenters. The Morgan fingerprint density at radius 1 is 1.25 bits per heavy atom. The first kappa shape index (κ1) is 16.2. The third kappa shape index (κ3) is 4.59. The summed E-state index contributed by atoms with van der Waals surface area (Å²) in [6, 6.07) is 0.749. The largest absolute Gasteiger partial charge is 0.500 e. The normalized spacial score (nSPS) is 16.3. The lowest BCUT2D eigenvalue weighted by Gasteiger charge is -2.30. The maximum absolute atomic E-state index is 6.04. The van der Waals surface area contributed by atoms with E-state index in [4.69, 9.17) is 24.7 Å². The maximum atomic E-state index is 6.04. The molecule has 98 valence electrons. The first-order chi connectivity index (χ1) is 7.51. The minimum atomic E-state index is -2.46. The van der Waals surface area contributed by atoms with Crippen LogP contribution in [-0.4, -0.2) is 52.7 Å². The van der Waals surface area contributed by atoms with Crippen molar-refractivity contribution in [1.29, 1.82) is 0 Å². The van der Waals surface area contributed by atoms with E-state index in [2.05, 4.69) is 4.98 Å². The average molecular weight is 267 g/mol. The monoisotopic (exact) mass is 267 g/mol. The van der Waals surface area contributed by atoms with E-state index < -0.39 is 14.5 Å². The van der Waals surface area contributed by atoms with Crippen LogP contribution < -0.4 is 16.4 Å². The molecule has 0 saturated heterocycles. The smallest absolute Gasteiger partial charge is 0.377 e. The molecule has 6 nitrogen and oxygen atoms in total. The lowest BCUT2D eigenvalue weighted by atomic mass is 10.1. The molecule has 0 aliphatic rings. The zero-order chi connectivity index (χ0) is 12.7. The van der Waals surface area contributed by atoms with Gasteiger partial charge in [0.1, 0.15) is 0 Å². The predicted octanol–water partition coefficient (Wildman–Crippen LogP) is -1.87. The van der Waals surface area contributed by atoms with E-state index in [0.29, 0.717) is 6.54 Å². The number of hydrogen-bond acceptors (Lipinski definition) is 6. The standard InChI is InChI=1S/C8H25N3O3Si2/c1-12-16(13-2,14-3)6-4-5-8(10,7-9)11-15/h11H,4-7,9-10H2,1-3,15H3. The molecule has 0 aliphatic heterocycles. The first-order valence-electron chi connectivity index (χ1n) is 5.34. The van der Waals surface area contributed by atoms with Crippen LogP contribution in [0.15, 0.2) is 0 Å². The van der Waals surface area contributed by atoms with Crippen molar-refractivity contribution in [3.63, 3.8) is 0 Å². The van der Waals surface area contributed by atoms with Crippen molar-refractivity contribution in [2.75, 3.05) is 27.9 Å². The lowest BCUT2D eigenvalue weighted by Crippen LogP contribution is -2.58. The molecule has 0 amide bonds. The average Bonchev–Trinajstić information content (AvgIpc) is 2.35. The van der Waals surface area contributed by atoms with E-state index in [1.165, 1.54) is 0 Å². The Bertz CT molecular complexity index is 181. The Morgan fingerprint density at radius 2 is 1.75 bits per heavy atom. The highest BCUT2D eigenvalue weighted by molar-refractivity contribution is 6.60. The zero-order valence-corrected chi connectivity index (χ0v) is 13.7. The Kier molecular flexibility index (Phi) is 7.60. The molecule has 0 aromatic rings. The van der Waals surface area contributed by atoms with Crippen molar-refractivity contribution in [2.24, 2.45) is 11.5 Å². The fraction of sp³-hybridized carbons (Fsp3) is 1.00. The van der Waals surface area contributed by atoms with Crippen LogP contribution in [0, 0.1) is 0 Å². The number of rotatable bonds is 9. The molecule has 0 aromatic carbocycles. The van der Waals surface area contributed by atoms with Crippen molar-refractivity contribution < 1.29 is 13.3 Å². The number of nitrogens with one attached hydrogen (secondary N) is 1. The van der Waals surface area contributed by atoms with Gasteiger partial charge in [0.25, 0.3) is 0 Å². The molecule has 0 aliphatic carbocycles. The van der Waals surface area contributed by atoms with Gasteiger partial charge in [0.2, 0.25) is 0 Å². The van der Waals surface area contributed by atoms with E-state index in [0.717, 1.165) is 29.3 Å². The Balaban J connectivity index is 4.13. The fourth-order valence-electron chi connectivity index (χ4n) is 1.51. The van der Waals surface area contributed by atoms with Crippen LogP contribution in [0.2, 0.25) is 6.04 Å². The first-order valence-corrected chi connectivity index (χ1v) is 8.28. The SMILES string of the molecule is CO[Si](CCCC(N)(CN)N[SiH3])(OC)OC. The van der Waals surface area contributed by atoms with Gasteiger partial charge in [-0.15, -0.1) is 0 Å². The van der Waals surface area contributed by atoms with Crippen molar-refractivity contribution in [3.8, 4) is 0 Å². The molecule has 0 spiro atoms. The molecular formula is C8H25N3O3Si2. The van der Waals surface area contributed by atoms with Crippen LogP contribution in [0.5, 0.6) is 0 Å². The highest BCUT2D eigenvalue weighted by Gasteiger charge is 2.37. The molecule has 0 saturated carbocycles. The van der Waals surface area contributed by atoms with Gasteiger partial charge in [-0.2, -0.15) is 0 Å². The fourth-order valence-corrected chi connectivity index (χ4v) is 3.68. The zero-order valence-electron chi connectivity index (χ0n) is 10.7. The van der Waals surface area contributed by atoms with Crippen LogP contribution in [0.4, 0.5) is 0 Å². The van der Waals surface area contributed by atoms with Crippen LogP contribution in [0.1, 0.15) is 12.8 Å². The van der Waals surface area contributed by atoms with Gasteiger partial charge in [0.15, 0.2) is 0 Å². The molecule has 0 fully saturated rings. The van der Waals surface area contributed by atoms with E-state index in [-0.39, 0.29) is 0 Å². The van der Waals surface area contributed by atoms with E-state index in [1.807, 2.05) is 0 Å². The van der Waals surface area contributed by atoms with Crippen LogP contribution in [-0.2, 0) is 13.3 Å². The van der Waals surface area contributed by atoms with Crippen LogP contribution in [0.25, 0.3) is 0 Å². The van der Waals surface area contributed by atoms with E-state index in [9.17, 15) is 0 Å². The summed E-state index contributed by atoms with van der Waals surface area (Å²) < 4.78 is 16.0. The molecule has 0 aromatic heterocycles. The quantitative estimate of drug-likeness (QED) is 0.335. The summed E-state index contributed by atoms with van der Waals surface area (Å²) in [6.07, 6.45) is 1.66. The molecule has 16 heavy (non-hydrogen) atoms. The number of nitrogens with two attached hydrogens (primary N) is 2. The second-order valence-corrected chi connectivity index (χ2v) is 7.35. The summed E-state index contributed by atoms with van der Waals surface area (Å²) >= 11 is 0. The molecule has 1 unspecified atom stereocenters. The Labute approximate surface area is 102 Å². The van der Waals surface area contributed by atoms with Gasteiger partial charge in [-0.3, -0.25) is 0 Å². The van der Waals surface area contributed by atoms with Gasteiger partial charge < -0.3 is 29.7 Å². The molecule has 0 bridgehead atoms. The summed E-state index contributed by atoms with van der Waals surface area (Å²) in [6.45, 7) is 0.429. The van der Waals surface area contributed by atoms with Gasteiger partial charge >= 0.3 is 8.80 Å². The Hall–Kier alpha value is 0.194. The third-order valence-corrected chi connectivity index (χ3v) is 6.73. The van der Waals surface area contributed by atoms with Crippen molar-refractivity contribution in [2.45, 2.75) is 24.5 Å². The van der Waals surface area contributed by atoms with Crippen LogP contribution in [0.3, 0.4) is 0 Å². The topological polar surface area (TPSA) is 91.8 Å². The van der Waals surface area contributed by atoms with Gasteiger partial charge in [-0.05, 0) is 12.8 Å². The van der Waals surface area contributed by atoms with Gasteiger partial charge in [-0.1, -0.05) is 0 Å². The van der Waals surface area contributed by atoms with Crippen molar-refractivity contribution in [1.82, 2.24) is 4.98 Å². The summed E-state index contributed by atoms with van der Waals surface area (Å²) in [5.41, 5.74) is 11.2. The second kappa shape index (κ2) is 7.51. The van der Waals surface area contributed by atoms with Crippen LogP contribution >= 0.6 is 0 Å². The second-order valence-electron chi connectivity index (χ2n) is 3.76. The Morgan fingerprint density at radius 3 is 2.06 bits per heavy atom. The molecule has 0 heterocycles. The van der Waals surface area contributed by atoms with E-state index >= 15 is 0 Å². The molecule has 5 N–H and O–H groups in total. The minimum Gasteiger partial charge on any atom is -0.377 e. The summed E-state index contributed by atoms with van der Waals surface area (Å²) in [5, 5.41) is 0.